The van der Waals surface area contributed by atoms with E-state index >= 15 is 0 Å². The number of aryl methyl sites for hydroxylation is 1. The molecule has 0 radical (unpaired) electrons. The molecule has 0 saturated heterocycles. The summed E-state index contributed by atoms with van der Waals surface area (Å²) in [7, 11) is 0. The number of carboxylic acid groups (broad SMARTS) is 1. The van der Waals surface area contributed by atoms with Gasteiger partial charge in [-0.15, -0.1) is 0 Å². The van der Waals surface area contributed by atoms with E-state index in [2.05, 4.69) is 24.2 Å². The van der Waals surface area contributed by atoms with Gasteiger partial charge >= 0.3 is 29.6 Å². The van der Waals surface area contributed by atoms with E-state index in [0.29, 0.717) is 28.1 Å². The molecular formula is C27H30ClN2NaO5. The number of aliphatic carboxylic acids is 1. The van der Waals surface area contributed by atoms with Crippen LogP contribution in [0, 0.1) is 12.8 Å². The molecule has 4 rings (SSSR count). The topological polar surface area (TPSA) is 109 Å². The molecule has 2 heterocycles. The molecule has 0 N–H and O–H groups in total. The molecule has 9 heteroatoms. The summed E-state index contributed by atoms with van der Waals surface area (Å²) in [6.07, 6.45) is 3.11. The Labute approximate surface area is 238 Å². The summed E-state index contributed by atoms with van der Waals surface area (Å²) >= 11 is 6.33. The number of ketones is 1. The predicted molar refractivity (Wildman–Crippen MR) is 129 cm³/mol. The Hall–Kier alpha value is -1.93. The van der Waals surface area contributed by atoms with Crippen molar-refractivity contribution in [3.8, 4) is 11.5 Å². The largest absolute Gasteiger partial charge is 1.00 e. The molecule has 1 saturated carbocycles. The predicted octanol–water partition coefficient (Wildman–Crippen LogP) is 2.19. The molecule has 1 atom stereocenters. The summed E-state index contributed by atoms with van der Waals surface area (Å²) in [6.45, 7) is 6.15. The van der Waals surface area contributed by atoms with E-state index in [4.69, 9.17) is 20.6 Å². The monoisotopic (exact) mass is 520 g/mol. The van der Waals surface area contributed by atoms with Gasteiger partial charge in [0.15, 0.2) is 11.5 Å². The first-order chi connectivity index (χ1) is 16.7. The fourth-order valence-electron chi connectivity index (χ4n) is 4.46. The van der Waals surface area contributed by atoms with Gasteiger partial charge < -0.3 is 18.9 Å². The zero-order valence-electron chi connectivity index (χ0n) is 21.3. The summed E-state index contributed by atoms with van der Waals surface area (Å²) in [5.41, 5.74) is 3.91. The maximum atomic E-state index is 13.1. The van der Waals surface area contributed by atoms with Gasteiger partial charge in [0.1, 0.15) is 11.5 Å². The van der Waals surface area contributed by atoms with Crippen molar-refractivity contribution in [2.75, 3.05) is 0 Å². The van der Waals surface area contributed by atoms with E-state index in [1.165, 1.54) is 0 Å². The Kier molecular flexibility index (Phi) is 9.98. The molecule has 186 valence electrons. The number of nitrogens with zero attached hydrogens (tertiary/aromatic N) is 2. The van der Waals surface area contributed by atoms with Crippen LogP contribution in [0.15, 0.2) is 33.3 Å². The van der Waals surface area contributed by atoms with Crippen LogP contribution in [0.4, 0.5) is 0 Å². The quantitative estimate of drug-likeness (QED) is 0.337. The first-order valence-corrected chi connectivity index (χ1v) is 12.5. The van der Waals surface area contributed by atoms with Crippen molar-refractivity contribution >= 4 is 23.4 Å². The number of benzene rings is 1. The van der Waals surface area contributed by atoms with Crippen LogP contribution in [0.5, 0.6) is 0 Å². The zero-order valence-corrected chi connectivity index (χ0v) is 24.1. The van der Waals surface area contributed by atoms with Crippen LogP contribution in [0.1, 0.15) is 85.9 Å². The second-order valence-corrected chi connectivity index (χ2v) is 10.4. The van der Waals surface area contributed by atoms with E-state index in [9.17, 15) is 14.7 Å². The van der Waals surface area contributed by atoms with Crippen LogP contribution >= 0.6 is 11.6 Å². The molecule has 36 heavy (non-hydrogen) atoms. The van der Waals surface area contributed by atoms with Crippen LogP contribution in [0.2, 0.25) is 5.02 Å². The third-order valence-corrected chi connectivity index (χ3v) is 6.65. The standard InChI is InChI=1S/C27H31ClN2O5.Na/c1-15(2)10-21-14-23(29-34-21)27-25(17-6-7-17)26(30-35-27)19(8-9-24(32)33)13-20(31)12-18-5-4-16(3)11-22(18)28;/h4-5,11,14-15,17,19H,6-10,12-13H2,1-3H3,(H,32,33);/q;+1/p-1/t19-;/m0./s1. The molecule has 2 aromatic heterocycles. The van der Waals surface area contributed by atoms with Crippen LogP contribution < -0.4 is 34.7 Å². The number of carbonyl (C=O) groups excluding carboxylic acids is 2. The van der Waals surface area contributed by atoms with E-state index < -0.39 is 11.9 Å². The third kappa shape index (κ3) is 7.31. The fraction of sp³-hybridized carbons (Fsp3) is 0.481. The Balaban J connectivity index is 0.00000361. The number of hydrogen-bond donors (Lipinski definition) is 0. The minimum absolute atomic E-state index is 0. The van der Waals surface area contributed by atoms with Crippen molar-refractivity contribution in [2.45, 2.75) is 77.6 Å². The molecule has 1 aliphatic rings. The zero-order chi connectivity index (χ0) is 25.1. The summed E-state index contributed by atoms with van der Waals surface area (Å²) in [5.74, 6) is 0.401. The van der Waals surface area contributed by atoms with Crippen LogP contribution in [0.3, 0.4) is 0 Å². The van der Waals surface area contributed by atoms with Crippen LogP contribution in [0.25, 0.3) is 11.5 Å². The fourth-order valence-corrected chi connectivity index (χ4v) is 4.76. The molecular weight excluding hydrogens is 491 g/mol. The molecule has 1 aromatic carbocycles. The normalized spacial score (nSPS) is 14.0. The van der Waals surface area contributed by atoms with Crippen molar-refractivity contribution in [3.05, 3.63) is 57.4 Å². The summed E-state index contributed by atoms with van der Waals surface area (Å²) in [5, 5.41) is 20.3. The van der Waals surface area contributed by atoms with Gasteiger partial charge in [0.05, 0.1) is 5.69 Å². The number of aromatic nitrogens is 2. The molecule has 1 fully saturated rings. The molecule has 1 aliphatic carbocycles. The Bertz CT molecular complexity index is 1210. The molecule has 0 unspecified atom stereocenters. The number of halogens is 1. The Morgan fingerprint density at radius 1 is 1.17 bits per heavy atom. The SMILES string of the molecule is Cc1ccc(CC(=O)C[C@H](CCC(=O)[O-])c2noc(-c3cc(CC(C)C)on3)c2C2CC2)c(Cl)c1.[Na+]. The van der Waals surface area contributed by atoms with E-state index in [1.54, 1.807) is 0 Å². The van der Waals surface area contributed by atoms with E-state index in [0.717, 1.165) is 41.7 Å². The first kappa shape index (κ1) is 28.6. The minimum Gasteiger partial charge on any atom is -0.550 e. The maximum absolute atomic E-state index is 13.1. The maximum Gasteiger partial charge on any atom is 1.00 e. The van der Waals surface area contributed by atoms with Crippen molar-refractivity contribution in [1.29, 1.82) is 0 Å². The molecule has 0 aliphatic heterocycles. The Morgan fingerprint density at radius 2 is 1.92 bits per heavy atom. The van der Waals surface area contributed by atoms with Crippen molar-refractivity contribution in [2.24, 2.45) is 5.92 Å². The average molecular weight is 521 g/mol. The van der Waals surface area contributed by atoms with Gasteiger partial charge in [0.25, 0.3) is 0 Å². The van der Waals surface area contributed by atoms with Crippen LogP contribution in [-0.2, 0) is 22.4 Å². The Morgan fingerprint density at radius 3 is 2.56 bits per heavy atom. The molecule has 0 amide bonds. The van der Waals surface area contributed by atoms with Crippen molar-refractivity contribution in [3.63, 3.8) is 0 Å². The van der Waals surface area contributed by atoms with Crippen molar-refractivity contribution < 1.29 is 53.3 Å². The molecule has 0 bridgehead atoms. The second kappa shape index (κ2) is 12.5. The number of carbonyl (C=O) groups is 2. The number of rotatable bonds is 12. The average Bonchev–Trinajstić information content (AvgIpc) is 3.36. The smallest absolute Gasteiger partial charge is 0.550 e. The van der Waals surface area contributed by atoms with Gasteiger partial charge in [0, 0.05) is 47.8 Å². The van der Waals surface area contributed by atoms with Crippen LogP contribution in [-0.4, -0.2) is 22.1 Å². The van der Waals surface area contributed by atoms with Gasteiger partial charge in [-0.1, -0.05) is 47.9 Å². The molecule has 7 nitrogen and oxygen atoms in total. The summed E-state index contributed by atoms with van der Waals surface area (Å²) in [4.78, 5) is 24.3. The van der Waals surface area contributed by atoms with Gasteiger partial charge in [-0.25, -0.2) is 0 Å². The van der Waals surface area contributed by atoms with E-state index in [1.807, 2.05) is 31.2 Å². The number of carboxylic acids is 1. The van der Waals surface area contributed by atoms with E-state index in [-0.39, 0.29) is 66.9 Å². The summed E-state index contributed by atoms with van der Waals surface area (Å²) in [6, 6.07) is 7.48. The third-order valence-electron chi connectivity index (χ3n) is 6.30. The van der Waals surface area contributed by atoms with Crippen molar-refractivity contribution in [1.82, 2.24) is 10.3 Å². The minimum atomic E-state index is -1.16. The second-order valence-electron chi connectivity index (χ2n) is 9.98. The van der Waals surface area contributed by atoms with Gasteiger partial charge in [0.2, 0.25) is 0 Å². The summed E-state index contributed by atoms with van der Waals surface area (Å²) < 4.78 is 11.2. The number of hydrogen-bond acceptors (Lipinski definition) is 7. The van der Waals surface area contributed by atoms with Gasteiger partial charge in [-0.2, -0.15) is 0 Å². The van der Waals surface area contributed by atoms with Gasteiger partial charge in [-0.3, -0.25) is 4.79 Å². The first-order valence-electron chi connectivity index (χ1n) is 12.1. The van der Waals surface area contributed by atoms with Gasteiger partial charge in [-0.05, 0) is 61.6 Å². The number of Topliss-reactive ketones (excluding diaryl/α,β-unsaturated/α-hetero) is 1. The molecule has 3 aromatic rings. The molecule has 0 spiro atoms.